The van der Waals surface area contributed by atoms with Gasteiger partial charge < -0.3 is 15.2 Å². The second kappa shape index (κ2) is 7.17. The van der Waals surface area contributed by atoms with Crippen molar-refractivity contribution in [2.75, 3.05) is 11.9 Å². The number of ether oxygens (including phenoxy) is 1. The van der Waals surface area contributed by atoms with E-state index in [1.165, 1.54) is 0 Å². The van der Waals surface area contributed by atoms with Gasteiger partial charge in [-0.1, -0.05) is 45.0 Å². The number of carbonyl (C=O) groups is 2. The molecule has 2 aromatic carbocycles. The van der Waals surface area contributed by atoms with Gasteiger partial charge >= 0.3 is 5.97 Å². The summed E-state index contributed by atoms with van der Waals surface area (Å²) < 4.78 is 5.29. The zero-order valence-corrected chi connectivity index (χ0v) is 14.0. The van der Waals surface area contributed by atoms with Crippen LogP contribution in [0.1, 0.15) is 36.7 Å². The van der Waals surface area contributed by atoms with Crippen LogP contribution < -0.4 is 10.1 Å². The number of rotatable bonds is 5. The van der Waals surface area contributed by atoms with Gasteiger partial charge in [-0.15, -0.1) is 0 Å². The summed E-state index contributed by atoms with van der Waals surface area (Å²) in [6.07, 6.45) is 0. The Kier molecular flexibility index (Phi) is 5.24. The Morgan fingerprint density at radius 1 is 1.08 bits per heavy atom. The molecule has 0 aliphatic heterocycles. The van der Waals surface area contributed by atoms with Gasteiger partial charge in [-0.2, -0.15) is 0 Å². The van der Waals surface area contributed by atoms with Crippen molar-refractivity contribution in [1.82, 2.24) is 0 Å². The van der Waals surface area contributed by atoms with Crippen molar-refractivity contribution in [3.05, 3.63) is 59.7 Å². The number of aliphatic carboxylic acids is 1. The van der Waals surface area contributed by atoms with E-state index >= 15 is 0 Å². The highest BCUT2D eigenvalue weighted by molar-refractivity contribution is 6.05. The molecular formula is C19H21NO4. The molecular weight excluding hydrogens is 306 g/mol. The Hall–Kier alpha value is -2.82. The van der Waals surface area contributed by atoms with Gasteiger partial charge in [0.2, 0.25) is 0 Å². The quantitative estimate of drug-likeness (QED) is 0.878. The Morgan fingerprint density at radius 2 is 1.75 bits per heavy atom. The van der Waals surface area contributed by atoms with Gasteiger partial charge in [0.15, 0.2) is 6.61 Å². The monoisotopic (exact) mass is 327 g/mol. The predicted octanol–water partition coefficient (Wildman–Crippen LogP) is 3.70. The Balaban J connectivity index is 2.32. The van der Waals surface area contributed by atoms with Crippen molar-refractivity contribution >= 4 is 17.6 Å². The molecule has 0 aliphatic rings. The van der Waals surface area contributed by atoms with Crippen LogP contribution in [0, 0.1) is 0 Å². The van der Waals surface area contributed by atoms with Crippen LogP contribution in [-0.2, 0) is 10.2 Å². The van der Waals surface area contributed by atoms with Gasteiger partial charge in [0.25, 0.3) is 5.91 Å². The van der Waals surface area contributed by atoms with E-state index < -0.39 is 12.6 Å². The van der Waals surface area contributed by atoms with Crippen LogP contribution in [0.3, 0.4) is 0 Å². The van der Waals surface area contributed by atoms with E-state index in [1.54, 1.807) is 30.3 Å². The van der Waals surface area contributed by atoms with E-state index in [0.29, 0.717) is 17.0 Å². The fourth-order valence-electron chi connectivity index (χ4n) is 2.14. The van der Waals surface area contributed by atoms with Crippen LogP contribution in [0.15, 0.2) is 48.5 Å². The van der Waals surface area contributed by atoms with E-state index in [-0.39, 0.29) is 11.3 Å². The molecule has 5 nitrogen and oxygen atoms in total. The molecule has 0 saturated heterocycles. The lowest BCUT2D eigenvalue weighted by Gasteiger charge is -2.21. The Bertz CT molecular complexity index is 733. The first-order valence-electron chi connectivity index (χ1n) is 7.63. The molecule has 2 aromatic rings. The van der Waals surface area contributed by atoms with Crippen LogP contribution in [0.2, 0.25) is 0 Å². The van der Waals surface area contributed by atoms with E-state index in [1.807, 2.05) is 18.2 Å². The molecule has 1 amide bonds. The maximum Gasteiger partial charge on any atom is 0.341 e. The molecule has 0 heterocycles. The van der Waals surface area contributed by atoms with Crippen molar-refractivity contribution in [3.8, 4) is 5.75 Å². The standard InChI is InChI=1S/C19H21NO4/c1-19(2,3)14-9-10-16(24-12-17(21)22)15(11-14)20-18(23)13-7-5-4-6-8-13/h4-11H,12H2,1-3H3,(H,20,23)(H,21,22). The lowest BCUT2D eigenvalue weighted by atomic mass is 9.87. The molecule has 24 heavy (non-hydrogen) atoms. The first kappa shape index (κ1) is 17.5. The molecule has 0 unspecified atom stereocenters. The summed E-state index contributed by atoms with van der Waals surface area (Å²) in [6, 6.07) is 14.2. The number of hydrogen-bond donors (Lipinski definition) is 2. The first-order chi connectivity index (χ1) is 11.3. The summed E-state index contributed by atoms with van der Waals surface area (Å²) in [5.74, 6) is -1.02. The molecule has 0 saturated carbocycles. The summed E-state index contributed by atoms with van der Waals surface area (Å²) in [7, 11) is 0. The van der Waals surface area contributed by atoms with Crippen LogP contribution in [0.25, 0.3) is 0 Å². The highest BCUT2D eigenvalue weighted by Gasteiger charge is 2.18. The van der Waals surface area contributed by atoms with E-state index in [0.717, 1.165) is 5.56 Å². The van der Waals surface area contributed by atoms with Crippen molar-refractivity contribution in [1.29, 1.82) is 0 Å². The molecule has 0 aromatic heterocycles. The number of carboxylic acids is 1. The maximum absolute atomic E-state index is 12.4. The van der Waals surface area contributed by atoms with Crippen LogP contribution in [-0.4, -0.2) is 23.6 Å². The second-order valence-corrected chi connectivity index (χ2v) is 6.46. The molecule has 0 spiro atoms. The molecule has 5 heteroatoms. The van der Waals surface area contributed by atoms with E-state index in [9.17, 15) is 9.59 Å². The largest absolute Gasteiger partial charge is 0.480 e. The fourth-order valence-corrected chi connectivity index (χ4v) is 2.14. The van der Waals surface area contributed by atoms with Crippen molar-refractivity contribution in [2.24, 2.45) is 0 Å². The Labute approximate surface area is 141 Å². The van der Waals surface area contributed by atoms with Crippen LogP contribution >= 0.6 is 0 Å². The van der Waals surface area contributed by atoms with Crippen LogP contribution in [0.4, 0.5) is 5.69 Å². The van der Waals surface area contributed by atoms with Gasteiger partial charge in [0.1, 0.15) is 5.75 Å². The fraction of sp³-hybridized carbons (Fsp3) is 0.263. The third-order valence-electron chi connectivity index (χ3n) is 3.48. The minimum absolute atomic E-state index is 0.114. The van der Waals surface area contributed by atoms with E-state index in [4.69, 9.17) is 9.84 Å². The van der Waals surface area contributed by atoms with Gasteiger partial charge in [0.05, 0.1) is 5.69 Å². The highest BCUT2D eigenvalue weighted by Crippen LogP contribution is 2.32. The topological polar surface area (TPSA) is 75.6 Å². The SMILES string of the molecule is CC(C)(C)c1ccc(OCC(=O)O)c(NC(=O)c2ccccc2)c1. The van der Waals surface area contributed by atoms with Gasteiger partial charge in [-0.3, -0.25) is 4.79 Å². The number of amides is 1. The highest BCUT2D eigenvalue weighted by atomic mass is 16.5. The summed E-state index contributed by atoms with van der Waals surface area (Å²) in [5, 5.41) is 11.6. The average molecular weight is 327 g/mol. The molecule has 0 radical (unpaired) electrons. The molecule has 0 atom stereocenters. The molecule has 0 aliphatic carbocycles. The number of benzene rings is 2. The summed E-state index contributed by atoms with van der Waals surface area (Å²) in [6.45, 7) is 5.71. The molecule has 2 rings (SSSR count). The average Bonchev–Trinajstić information content (AvgIpc) is 2.53. The zero-order chi connectivity index (χ0) is 17.7. The minimum atomic E-state index is -1.07. The molecule has 0 bridgehead atoms. The lowest BCUT2D eigenvalue weighted by Crippen LogP contribution is -2.17. The van der Waals surface area contributed by atoms with E-state index in [2.05, 4.69) is 26.1 Å². The smallest absolute Gasteiger partial charge is 0.341 e. The summed E-state index contributed by atoms with van der Waals surface area (Å²) in [4.78, 5) is 23.1. The number of hydrogen-bond acceptors (Lipinski definition) is 3. The maximum atomic E-state index is 12.4. The van der Waals surface area contributed by atoms with Gasteiger partial charge in [-0.05, 0) is 35.2 Å². The molecule has 2 N–H and O–H groups in total. The third kappa shape index (κ3) is 4.59. The molecule has 0 fully saturated rings. The zero-order valence-electron chi connectivity index (χ0n) is 14.0. The van der Waals surface area contributed by atoms with Gasteiger partial charge in [0, 0.05) is 5.56 Å². The molecule has 126 valence electrons. The van der Waals surface area contributed by atoms with Crippen molar-refractivity contribution in [3.63, 3.8) is 0 Å². The Morgan fingerprint density at radius 3 is 2.33 bits per heavy atom. The normalized spacial score (nSPS) is 11.0. The van der Waals surface area contributed by atoms with Gasteiger partial charge in [-0.25, -0.2) is 4.79 Å². The summed E-state index contributed by atoms with van der Waals surface area (Å²) >= 11 is 0. The minimum Gasteiger partial charge on any atom is -0.480 e. The third-order valence-corrected chi connectivity index (χ3v) is 3.48. The number of nitrogens with one attached hydrogen (secondary N) is 1. The van der Waals surface area contributed by atoms with Crippen molar-refractivity contribution < 1.29 is 19.4 Å². The number of carbonyl (C=O) groups excluding carboxylic acids is 1. The van der Waals surface area contributed by atoms with Crippen molar-refractivity contribution in [2.45, 2.75) is 26.2 Å². The van der Waals surface area contributed by atoms with Crippen LogP contribution in [0.5, 0.6) is 5.75 Å². The number of anilines is 1. The summed E-state index contributed by atoms with van der Waals surface area (Å²) in [5.41, 5.74) is 1.87. The predicted molar refractivity (Wildman–Crippen MR) is 92.7 cm³/mol. The number of carboxylic acid groups (broad SMARTS) is 1. The first-order valence-corrected chi connectivity index (χ1v) is 7.63. The second-order valence-electron chi connectivity index (χ2n) is 6.46. The lowest BCUT2D eigenvalue weighted by molar-refractivity contribution is -0.139.